The first-order valence-electron chi connectivity index (χ1n) is 7.12. The number of allylic oxidation sites excluding steroid dienone is 2. The molecular formula is C19H13NO. The molecule has 0 saturated heterocycles. The standard InChI is InChI=1S/C19H13NO/c1-11-6-7-13-17(10-11)21-16-9-8-15-18(19(13)16)12-4-2-3-5-14(12)20-15/h2-9,20H,1,10H2. The maximum absolute atomic E-state index is 6.06. The third-order valence-corrected chi connectivity index (χ3v) is 4.31. The van der Waals surface area contributed by atoms with E-state index in [1.54, 1.807) is 0 Å². The second-order valence-electron chi connectivity index (χ2n) is 5.64. The van der Waals surface area contributed by atoms with Crippen molar-refractivity contribution in [3.05, 3.63) is 65.9 Å². The van der Waals surface area contributed by atoms with Crippen LogP contribution in [0.5, 0.6) is 0 Å². The average molecular weight is 271 g/mol. The van der Waals surface area contributed by atoms with Crippen molar-refractivity contribution >= 4 is 38.9 Å². The molecule has 1 N–H and O–H groups in total. The highest BCUT2D eigenvalue weighted by molar-refractivity contribution is 6.21. The molecule has 0 bridgehead atoms. The van der Waals surface area contributed by atoms with Crippen LogP contribution in [0.1, 0.15) is 11.3 Å². The number of rotatable bonds is 0. The fourth-order valence-electron chi connectivity index (χ4n) is 3.38. The zero-order valence-corrected chi connectivity index (χ0v) is 11.4. The lowest BCUT2D eigenvalue weighted by Crippen LogP contribution is -1.91. The molecule has 2 heteroatoms. The lowest BCUT2D eigenvalue weighted by atomic mass is 9.97. The van der Waals surface area contributed by atoms with E-state index in [-0.39, 0.29) is 0 Å². The monoisotopic (exact) mass is 271 g/mol. The Morgan fingerprint density at radius 3 is 2.81 bits per heavy atom. The summed E-state index contributed by atoms with van der Waals surface area (Å²) in [4.78, 5) is 3.49. The van der Waals surface area contributed by atoms with Gasteiger partial charge >= 0.3 is 0 Å². The Hall–Kier alpha value is -2.74. The molecule has 2 aromatic carbocycles. The van der Waals surface area contributed by atoms with Crippen molar-refractivity contribution < 1.29 is 4.42 Å². The zero-order chi connectivity index (χ0) is 14.0. The van der Waals surface area contributed by atoms with Crippen LogP contribution in [-0.2, 0) is 6.42 Å². The van der Waals surface area contributed by atoms with Crippen molar-refractivity contribution in [1.82, 2.24) is 4.98 Å². The van der Waals surface area contributed by atoms with E-state index >= 15 is 0 Å². The molecule has 2 aromatic heterocycles. The molecule has 0 aliphatic heterocycles. The number of H-pyrrole nitrogens is 1. The number of hydrogen-bond donors (Lipinski definition) is 1. The molecule has 21 heavy (non-hydrogen) atoms. The Labute approximate surface area is 121 Å². The number of nitrogens with one attached hydrogen (secondary N) is 1. The van der Waals surface area contributed by atoms with Crippen LogP contribution in [0, 0.1) is 0 Å². The summed E-state index contributed by atoms with van der Waals surface area (Å²) in [6.07, 6.45) is 5.02. The van der Waals surface area contributed by atoms with Crippen LogP contribution in [0.4, 0.5) is 0 Å². The third kappa shape index (κ3) is 1.37. The fourth-order valence-corrected chi connectivity index (χ4v) is 3.38. The van der Waals surface area contributed by atoms with E-state index in [2.05, 4.69) is 60.1 Å². The number of aromatic nitrogens is 1. The molecule has 4 aromatic rings. The van der Waals surface area contributed by atoms with Crippen LogP contribution in [-0.4, -0.2) is 4.98 Å². The number of furan rings is 1. The summed E-state index contributed by atoms with van der Waals surface area (Å²) in [7, 11) is 0. The second-order valence-corrected chi connectivity index (χ2v) is 5.64. The van der Waals surface area contributed by atoms with Crippen molar-refractivity contribution in [3.8, 4) is 0 Å². The summed E-state index contributed by atoms with van der Waals surface area (Å²) in [5.74, 6) is 1.02. The van der Waals surface area contributed by atoms with Crippen molar-refractivity contribution in [2.75, 3.05) is 0 Å². The topological polar surface area (TPSA) is 28.9 Å². The molecule has 100 valence electrons. The van der Waals surface area contributed by atoms with Gasteiger partial charge in [-0.15, -0.1) is 0 Å². The third-order valence-electron chi connectivity index (χ3n) is 4.31. The van der Waals surface area contributed by atoms with Gasteiger partial charge in [-0.1, -0.05) is 36.9 Å². The van der Waals surface area contributed by atoms with E-state index in [4.69, 9.17) is 4.42 Å². The number of hydrogen-bond acceptors (Lipinski definition) is 1. The van der Waals surface area contributed by atoms with Crippen molar-refractivity contribution in [2.24, 2.45) is 0 Å². The highest BCUT2D eigenvalue weighted by Gasteiger charge is 2.19. The molecule has 2 heterocycles. The molecule has 0 fully saturated rings. The zero-order valence-electron chi connectivity index (χ0n) is 11.4. The predicted molar refractivity (Wildman–Crippen MR) is 87.5 cm³/mol. The van der Waals surface area contributed by atoms with Crippen LogP contribution in [0.3, 0.4) is 0 Å². The first-order chi connectivity index (χ1) is 10.3. The average Bonchev–Trinajstić information content (AvgIpc) is 3.03. The maximum atomic E-state index is 6.06. The summed E-state index contributed by atoms with van der Waals surface area (Å²) in [5.41, 5.74) is 5.57. The van der Waals surface area contributed by atoms with Gasteiger partial charge in [0.1, 0.15) is 11.3 Å². The summed E-state index contributed by atoms with van der Waals surface area (Å²) in [6.45, 7) is 4.03. The molecule has 1 aliphatic carbocycles. The van der Waals surface area contributed by atoms with E-state index < -0.39 is 0 Å². The molecule has 5 rings (SSSR count). The molecule has 0 spiro atoms. The number of fused-ring (bicyclic) bond motifs is 7. The van der Waals surface area contributed by atoms with Crippen LogP contribution >= 0.6 is 0 Å². The van der Waals surface area contributed by atoms with E-state index in [0.717, 1.165) is 28.9 Å². The van der Waals surface area contributed by atoms with Gasteiger partial charge in [0.15, 0.2) is 0 Å². The van der Waals surface area contributed by atoms with Gasteiger partial charge in [0.2, 0.25) is 0 Å². The van der Waals surface area contributed by atoms with Crippen LogP contribution in [0.25, 0.3) is 38.9 Å². The van der Waals surface area contributed by atoms with Crippen LogP contribution in [0.15, 0.2) is 59.0 Å². The molecule has 0 radical (unpaired) electrons. The van der Waals surface area contributed by atoms with Gasteiger partial charge in [-0.25, -0.2) is 0 Å². The molecule has 2 nitrogen and oxygen atoms in total. The molecular weight excluding hydrogens is 258 g/mol. The molecule has 0 unspecified atom stereocenters. The first-order valence-corrected chi connectivity index (χ1v) is 7.12. The van der Waals surface area contributed by atoms with Crippen molar-refractivity contribution in [1.29, 1.82) is 0 Å². The number of aromatic amines is 1. The molecule has 0 saturated carbocycles. The van der Waals surface area contributed by atoms with E-state index in [1.165, 1.54) is 27.2 Å². The number of para-hydroxylation sites is 1. The normalized spacial score (nSPS) is 14.4. The lowest BCUT2D eigenvalue weighted by Gasteiger charge is -2.05. The Morgan fingerprint density at radius 1 is 0.952 bits per heavy atom. The van der Waals surface area contributed by atoms with E-state index in [1.807, 2.05) is 0 Å². The highest BCUT2D eigenvalue weighted by Crippen LogP contribution is 2.39. The Kier molecular flexibility index (Phi) is 1.92. The Morgan fingerprint density at radius 2 is 1.86 bits per heavy atom. The van der Waals surface area contributed by atoms with Crippen LogP contribution in [0.2, 0.25) is 0 Å². The van der Waals surface area contributed by atoms with Gasteiger partial charge in [0, 0.05) is 39.2 Å². The van der Waals surface area contributed by atoms with Gasteiger partial charge in [-0.3, -0.25) is 0 Å². The Balaban J connectivity index is 2.05. The second kappa shape index (κ2) is 3.67. The van der Waals surface area contributed by atoms with Gasteiger partial charge in [0.05, 0.1) is 0 Å². The predicted octanol–water partition coefficient (Wildman–Crippen LogP) is 5.19. The summed E-state index contributed by atoms with van der Waals surface area (Å²) in [5, 5.41) is 3.72. The quantitative estimate of drug-likeness (QED) is 0.468. The SMILES string of the molecule is C=C1C=Cc2c(oc3ccc4[nH]c5ccccc5c4c23)C1. The molecule has 0 amide bonds. The number of benzene rings is 2. The first kappa shape index (κ1) is 11.0. The van der Waals surface area contributed by atoms with E-state index in [0.29, 0.717) is 0 Å². The van der Waals surface area contributed by atoms with Gasteiger partial charge in [0.25, 0.3) is 0 Å². The van der Waals surface area contributed by atoms with Crippen LogP contribution < -0.4 is 0 Å². The van der Waals surface area contributed by atoms with Gasteiger partial charge < -0.3 is 9.40 Å². The Bertz CT molecular complexity index is 1080. The molecule has 0 atom stereocenters. The lowest BCUT2D eigenvalue weighted by molar-refractivity contribution is 0.560. The maximum Gasteiger partial charge on any atom is 0.135 e. The van der Waals surface area contributed by atoms with Gasteiger partial charge in [-0.2, -0.15) is 0 Å². The van der Waals surface area contributed by atoms with Gasteiger partial charge in [-0.05, 0) is 23.8 Å². The minimum Gasteiger partial charge on any atom is -0.460 e. The summed E-state index contributed by atoms with van der Waals surface area (Å²) in [6, 6.07) is 12.6. The van der Waals surface area contributed by atoms with E-state index in [9.17, 15) is 0 Å². The smallest absolute Gasteiger partial charge is 0.135 e. The van der Waals surface area contributed by atoms with Crippen molar-refractivity contribution in [2.45, 2.75) is 6.42 Å². The minimum absolute atomic E-state index is 0.796. The fraction of sp³-hybridized carbons (Fsp3) is 0.0526. The molecule has 1 aliphatic rings. The minimum atomic E-state index is 0.796. The summed E-state index contributed by atoms with van der Waals surface area (Å²) >= 11 is 0. The summed E-state index contributed by atoms with van der Waals surface area (Å²) < 4.78 is 6.06. The van der Waals surface area contributed by atoms with Crippen molar-refractivity contribution in [3.63, 3.8) is 0 Å². The largest absolute Gasteiger partial charge is 0.460 e. The highest BCUT2D eigenvalue weighted by atomic mass is 16.3.